The molecule has 0 spiro atoms. The van der Waals surface area contributed by atoms with Crippen molar-refractivity contribution in [3.05, 3.63) is 0 Å². The van der Waals surface area contributed by atoms with Crippen LogP contribution in [-0.4, -0.2) is 40.9 Å². The first-order valence-electron chi connectivity index (χ1n) is 4.29. The van der Waals surface area contributed by atoms with E-state index in [1.165, 1.54) is 0 Å². The van der Waals surface area contributed by atoms with Crippen LogP contribution in [0.5, 0.6) is 0 Å². The normalized spacial score (nSPS) is 31.6. The van der Waals surface area contributed by atoms with Crippen LogP contribution in [0.3, 0.4) is 0 Å². The highest BCUT2D eigenvalue weighted by atomic mass is 19.4. The fourth-order valence-corrected chi connectivity index (χ4v) is 1.49. The van der Waals surface area contributed by atoms with Crippen LogP contribution in [0, 0.1) is 0 Å². The van der Waals surface area contributed by atoms with Gasteiger partial charge in [0.15, 0.2) is 5.60 Å². The maximum absolute atomic E-state index is 12.3. The van der Waals surface area contributed by atoms with E-state index in [2.05, 4.69) is 0 Å². The minimum atomic E-state index is -4.50. The Kier molecular flexibility index (Phi) is 2.60. The lowest BCUT2D eigenvalue weighted by Gasteiger charge is -2.27. The Morgan fingerprint density at radius 3 is 2.15 bits per heavy atom. The highest BCUT2D eigenvalue weighted by Crippen LogP contribution is 2.37. The first-order valence-corrected chi connectivity index (χ1v) is 4.29. The second kappa shape index (κ2) is 3.13. The van der Waals surface area contributed by atoms with Crippen molar-refractivity contribution in [1.82, 2.24) is 4.90 Å². The predicted molar refractivity (Wildman–Crippen MR) is 42.3 cm³/mol. The molecule has 2 nitrogen and oxygen atoms in total. The number of aliphatic hydroxyl groups is 1. The summed E-state index contributed by atoms with van der Waals surface area (Å²) >= 11 is 0. The molecule has 0 radical (unpaired) electrons. The van der Waals surface area contributed by atoms with E-state index < -0.39 is 11.8 Å². The van der Waals surface area contributed by atoms with Gasteiger partial charge in [0.2, 0.25) is 0 Å². The van der Waals surface area contributed by atoms with E-state index in [-0.39, 0.29) is 19.0 Å². The number of hydrogen-bond acceptors (Lipinski definition) is 2. The van der Waals surface area contributed by atoms with Gasteiger partial charge >= 0.3 is 6.18 Å². The van der Waals surface area contributed by atoms with E-state index in [0.717, 1.165) is 0 Å². The maximum Gasteiger partial charge on any atom is 0.418 e. The molecule has 1 N–H and O–H groups in total. The standard InChI is InChI=1S/C8H14F3NO/c1-6(2)12-4-3-7(13,5-12)8(9,10)11/h6,13H,3-5H2,1-2H3/t7-/m1/s1. The minimum Gasteiger partial charge on any atom is -0.379 e. The lowest BCUT2D eigenvalue weighted by Crippen LogP contribution is -2.48. The lowest BCUT2D eigenvalue weighted by atomic mass is 10.0. The van der Waals surface area contributed by atoms with Crippen LogP contribution >= 0.6 is 0 Å². The second-order valence-corrected chi connectivity index (χ2v) is 3.84. The third kappa shape index (κ3) is 1.96. The average Bonchev–Trinajstić information content (AvgIpc) is 2.31. The van der Waals surface area contributed by atoms with Crippen molar-refractivity contribution >= 4 is 0 Å². The van der Waals surface area contributed by atoms with Gasteiger partial charge in [0.05, 0.1) is 0 Å². The molecule has 1 heterocycles. The molecular formula is C8H14F3NO. The molecule has 0 aromatic heterocycles. The number of rotatable bonds is 1. The summed E-state index contributed by atoms with van der Waals surface area (Å²) in [5.41, 5.74) is -2.49. The maximum atomic E-state index is 12.3. The van der Waals surface area contributed by atoms with Crippen LogP contribution in [0.1, 0.15) is 20.3 Å². The predicted octanol–water partition coefficient (Wildman–Crippen LogP) is 1.39. The first-order chi connectivity index (χ1) is 5.76. The summed E-state index contributed by atoms with van der Waals surface area (Å²) in [7, 11) is 0. The number of β-amino-alcohol motifs (C(OH)–C–C–N with tert-alkyl or cyclic N) is 1. The minimum absolute atomic E-state index is 0.0522. The highest BCUT2D eigenvalue weighted by molar-refractivity contribution is 4.96. The summed E-state index contributed by atoms with van der Waals surface area (Å²) in [5, 5.41) is 9.28. The van der Waals surface area contributed by atoms with Gasteiger partial charge in [-0.15, -0.1) is 0 Å². The third-order valence-electron chi connectivity index (χ3n) is 2.54. The zero-order chi connectivity index (χ0) is 10.3. The summed E-state index contributed by atoms with van der Waals surface area (Å²) in [6.07, 6.45) is -4.72. The molecule has 0 amide bonds. The van der Waals surface area contributed by atoms with Crippen molar-refractivity contribution in [3.8, 4) is 0 Å². The van der Waals surface area contributed by atoms with E-state index in [1.807, 2.05) is 13.8 Å². The van der Waals surface area contributed by atoms with E-state index in [9.17, 15) is 18.3 Å². The number of halogens is 3. The summed E-state index contributed by atoms with van der Waals surface area (Å²) in [4.78, 5) is 1.63. The molecule has 1 atom stereocenters. The van der Waals surface area contributed by atoms with E-state index in [4.69, 9.17) is 0 Å². The zero-order valence-corrected chi connectivity index (χ0v) is 7.73. The fourth-order valence-electron chi connectivity index (χ4n) is 1.49. The Hall–Kier alpha value is -0.290. The molecule has 0 unspecified atom stereocenters. The molecule has 1 fully saturated rings. The smallest absolute Gasteiger partial charge is 0.379 e. The van der Waals surface area contributed by atoms with Gasteiger partial charge < -0.3 is 5.11 Å². The van der Waals surface area contributed by atoms with E-state index >= 15 is 0 Å². The van der Waals surface area contributed by atoms with Gasteiger partial charge in [-0.3, -0.25) is 4.90 Å². The Balaban J connectivity index is 2.67. The molecule has 0 saturated carbocycles. The quantitative estimate of drug-likeness (QED) is 0.686. The van der Waals surface area contributed by atoms with Gasteiger partial charge in [0.25, 0.3) is 0 Å². The average molecular weight is 197 g/mol. The van der Waals surface area contributed by atoms with Gasteiger partial charge in [0, 0.05) is 19.1 Å². The molecule has 1 aliphatic heterocycles. The molecular weight excluding hydrogens is 183 g/mol. The fraction of sp³-hybridized carbons (Fsp3) is 1.00. The SMILES string of the molecule is CC(C)N1CC[C@](O)(C(F)(F)F)C1. The van der Waals surface area contributed by atoms with Gasteiger partial charge in [0.1, 0.15) is 0 Å². The van der Waals surface area contributed by atoms with Crippen LogP contribution in [0.4, 0.5) is 13.2 Å². The van der Waals surface area contributed by atoms with Gasteiger partial charge in [-0.2, -0.15) is 13.2 Å². The van der Waals surface area contributed by atoms with E-state index in [0.29, 0.717) is 6.54 Å². The molecule has 1 saturated heterocycles. The van der Waals surface area contributed by atoms with Crippen LogP contribution in [0.25, 0.3) is 0 Å². The Bertz CT molecular complexity index is 192. The van der Waals surface area contributed by atoms with Crippen molar-refractivity contribution < 1.29 is 18.3 Å². The molecule has 0 aliphatic carbocycles. The molecule has 5 heteroatoms. The number of likely N-dealkylation sites (tertiary alicyclic amines) is 1. The number of nitrogens with zero attached hydrogens (tertiary/aromatic N) is 1. The molecule has 78 valence electrons. The van der Waals surface area contributed by atoms with Gasteiger partial charge in [-0.1, -0.05) is 0 Å². The van der Waals surface area contributed by atoms with Crippen molar-refractivity contribution in [1.29, 1.82) is 0 Å². The van der Waals surface area contributed by atoms with Crippen molar-refractivity contribution in [2.45, 2.75) is 38.1 Å². The summed E-state index contributed by atoms with van der Waals surface area (Å²) in [5.74, 6) is 0. The van der Waals surface area contributed by atoms with Crippen LogP contribution in [0.2, 0.25) is 0 Å². The van der Waals surface area contributed by atoms with Crippen LogP contribution < -0.4 is 0 Å². The summed E-state index contributed by atoms with van der Waals surface area (Å²) < 4.78 is 36.9. The Labute approximate surface area is 75.3 Å². The first kappa shape index (κ1) is 10.8. The molecule has 1 rings (SSSR count). The molecule has 0 aromatic carbocycles. The number of alkyl halides is 3. The molecule has 13 heavy (non-hydrogen) atoms. The highest BCUT2D eigenvalue weighted by Gasteiger charge is 2.57. The van der Waals surface area contributed by atoms with Crippen molar-refractivity contribution in [2.75, 3.05) is 13.1 Å². The monoisotopic (exact) mass is 197 g/mol. The number of hydrogen-bond donors (Lipinski definition) is 1. The van der Waals surface area contributed by atoms with E-state index in [1.54, 1.807) is 4.90 Å². The Morgan fingerprint density at radius 2 is 1.92 bits per heavy atom. The topological polar surface area (TPSA) is 23.5 Å². The lowest BCUT2D eigenvalue weighted by molar-refractivity contribution is -0.254. The van der Waals surface area contributed by atoms with Crippen molar-refractivity contribution in [3.63, 3.8) is 0 Å². The molecule has 0 aromatic rings. The third-order valence-corrected chi connectivity index (χ3v) is 2.54. The van der Waals surface area contributed by atoms with Crippen molar-refractivity contribution in [2.24, 2.45) is 0 Å². The van der Waals surface area contributed by atoms with Crippen LogP contribution in [-0.2, 0) is 0 Å². The molecule has 0 bridgehead atoms. The van der Waals surface area contributed by atoms with Gasteiger partial charge in [-0.05, 0) is 20.3 Å². The summed E-state index contributed by atoms with van der Waals surface area (Å²) in [6, 6.07) is 0.0522. The molecule has 1 aliphatic rings. The second-order valence-electron chi connectivity index (χ2n) is 3.84. The zero-order valence-electron chi connectivity index (χ0n) is 7.73. The van der Waals surface area contributed by atoms with Crippen LogP contribution in [0.15, 0.2) is 0 Å². The van der Waals surface area contributed by atoms with Gasteiger partial charge in [-0.25, -0.2) is 0 Å². The Morgan fingerprint density at radius 1 is 1.38 bits per heavy atom. The largest absolute Gasteiger partial charge is 0.418 e. The summed E-state index contributed by atoms with van der Waals surface area (Å²) in [6.45, 7) is 3.66.